The number of aryl methyl sites for hydroxylation is 1. The highest BCUT2D eigenvalue weighted by Crippen LogP contribution is 2.26. The first-order valence-electron chi connectivity index (χ1n) is 9.25. The Morgan fingerprint density at radius 1 is 1.21 bits per heavy atom. The van der Waals surface area contributed by atoms with Crippen molar-refractivity contribution in [2.75, 3.05) is 0 Å². The van der Waals surface area contributed by atoms with Gasteiger partial charge in [0.1, 0.15) is 0 Å². The molecule has 0 spiro atoms. The molecule has 0 saturated heterocycles. The SMILES string of the molecule is Cc1[nH]ncc1CNC(=O)c1cc(-c2ccccc2)nc2c1cnn2C(C)C. The summed E-state index contributed by atoms with van der Waals surface area (Å²) >= 11 is 0. The Morgan fingerprint density at radius 3 is 2.68 bits per heavy atom. The summed E-state index contributed by atoms with van der Waals surface area (Å²) in [5.41, 5.74) is 4.89. The average molecular weight is 374 g/mol. The summed E-state index contributed by atoms with van der Waals surface area (Å²) in [5, 5.41) is 15.1. The number of nitrogens with zero attached hydrogens (tertiary/aromatic N) is 4. The quantitative estimate of drug-likeness (QED) is 0.558. The minimum Gasteiger partial charge on any atom is -0.348 e. The second kappa shape index (κ2) is 7.26. The Morgan fingerprint density at radius 2 is 2.00 bits per heavy atom. The van der Waals surface area contributed by atoms with Crippen LogP contribution in [0.1, 0.15) is 41.5 Å². The zero-order valence-electron chi connectivity index (χ0n) is 16.1. The molecule has 3 aromatic heterocycles. The van der Waals surface area contributed by atoms with Crippen LogP contribution in [0, 0.1) is 6.92 Å². The predicted molar refractivity (Wildman–Crippen MR) is 108 cm³/mol. The lowest BCUT2D eigenvalue weighted by molar-refractivity contribution is 0.0952. The van der Waals surface area contributed by atoms with E-state index in [1.807, 2.05) is 61.9 Å². The van der Waals surface area contributed by atoms with Crippen LogP contribution < -0.4 is 5.32 Å². The highest BCUT2D eigenvalue weighted by atomic mass is 16.1. The number of carbonyl (C=O) groups excluding carboxylic acids is 1. The maximum absolute atomic E-state index is 13.0. The van der Waals surface area contributed by atoms with Crippen molar-refractivity contribution < 1.29 is 4.79 Å². The largest absolute Gasteiger partial charge is 0.348 e. The fourth-order valence-electron chi connectivity index (χ4n) is 3.17. The first kappa shape index (κ1) is 17.9. The number of benzene rings is 1. The van der Waals surface area contributed by atoms with Crippen LogP contribution in [0.4, 0.5) is 0 Å². The summed E-state index contributed by atoms with van der Waals surface area (Å²) in [6, 6.07) is 11.8. The molecule has 0 aliphatic carbocycles. The number of hydrogen-bond acceptors (Lipinski definition) is 4. The van der Waals surface area contributed by atoms with Crippen LogP contribution in [0.25, 0.3) is 22.3 Å². The van der Waals surface area contributed by atoms with Crippen molar-refractivity contribution in [2.45, 2.75) is 33.4 Å². The Kier molecular flexibility index (Phi) is 4.65. The monoisotopic (exact) mass is 374 g/mol. The third kappa shape index (κ3) is 3.26. The van der Waals surface area contributed by atoms with E-state index in [4.69, 9.17) is 4.98 Å². The first-order valence-corrected chi connectivity index (χ1v) is 9.25. The van der Waals surface area contributed by atoms with Gasteiger partial charge in [-0.3, -0.25) is 9.89 Å². The third-order valence-corrected chi connectivity index (χ3v) is 4.74. The van der Waals surface area contributed by atoms with Crippen molar-refractivity contribution in [1.82, 2.24) is 30.3 Å². The Balaban J connectivity index is 1.77. The molecule has 0 bridgehead atoms. The fourth-order valence-corrected chi connectivity index (χ4v) is 3.17. The van der Waals surface area contributed by atoms with Gasteiger partial charge in [0, 0.05) is 29.4 Å². The van der Waals surface area contributed by atoms with Crippen LogP contribution in [0.3, 0.4) is 0 Å². The molecule has 0 fully saturated rings. The van der Waals surface area contributed by atoms with Crippen molar-refractivity contribution in [3.8, 4) is 11.3 Å². The molecular weight excluding hydrogens is 352 g/mol. The first-order chi connectivity index (χ1) is 13.5. The molecule has 0 radical (unpaired) electrons. The maximum atomic E-state index is 13.0. The molecule has 1 aromatic carbocycles. The molecule has 3 heterocycles. The van der Waals surface area contributed by atoms with Crippen LogP contribution in [0.15, 0.2) is 48.8 Å². The van der Waals surface area contributed by atoms with E-state index in [1.54, 1.807) is 12.4 Å². The Hall–Kier alpha value is -3.48. The molecule has 4 rings (SSSR count). The molecule has 28 heavy (non-hydrogen) atoms. The third-order valence-electron chi connectivity index (χ3n) is 4.74. The fraction of sp³-hybridized carbons (Fsp3) is 0.238. The smallest absolute Gasteiger partial charge is 0.252 e. The Labute approximate surface area is 162 Å². The van der Waals surface area contributed by atoms with E-state index in [2.05, 4.69) is 20.6 Å². The zero-order chi connectivity index (χ0) is 19.7. The van der Waals surface area contributed by atoms with E-state index in [9.17, 15) is 4.79 Å². The number of hydrogen-bond donors (Lipinski definition) is 2. The van der Waals surface area contributed by atoms with Crippen LogP contribution >= 0.6 is 0 Å². The molecule has 0 aliphatic rings. The minimum absolute atomic E-state index is 0.139. The number of amides is 1. The summed E-state index contributed by atoms with van der Waals surface area (Å²) < 4.78 is 1.85. The van der Waals surface area contributed by atoms with Gasteiger partial charge < -0.3 is 5.32 Å². The van der Waals surface area contributed by atoms with Crippen LogP contribution in [0.5, 0.6) is 0 Å². The van der Waals surface area contributed by atoms with Gasteiger partial charge in [0.05, 0.1) is 29.0 Å². The number of pyridine rings is 1. The molecule has 0 aliphatic heterocycles. The number of aromatic nitrogens is 5. The maximum Gasteiger partial charge on any atom is 0.252 e. The van der Waals surface area contributed by atoms with Gasteiger partial charge in [0.15, 0.2) is 5.65 Å². The van der Waals surface area contributed by atoms with Gasteiger partial charge in [0.2, 0.25) is 0 Å². The molecule has 0 atom stereocenters. The van der Waals surface area contributed by atoms with Gasteiger partial charge in [-0.05, 0) is 26.8 Å². The number of rotatable bonds is 5. The van der Waals surface area contributed by atoms with Gasteiger partial charge in [0.25, 0.3) is 5.91 Å². The van der Waals surface area contributed by atoms with Crippen molar-refractivity contribution in [3.05, 3.63) is 65.6 Å². The normalized spacial score (nSPS) is 11.3. The average Bonchev–Trinajstić information content (AvgIpc) is 3.32. The topological polar surface area (TPSA) is 88.5 Å². The van der Waals surface area contributed by atoms with Crippen LogP contribution in [-0.2, 0) is 6.54 Å². The van der Waals surface area contributed by atoms with E-state index >= 15 is 0 Å². The van der Waals surface area contributed by atoms with Gasteiger partial charge in [-0.15, -0.1) is 0 Å². The van der Waals surface area contributed by atoms with Gasteiger partial charge in [-0.25, -0.2) is 9.67 Å². The molecule has 7 nitrogen and oxygen atoms in total. The highest BCUT2D eigenvalue weighted by Gasteiger charge is 2.18. The van der Waals surface area contributed by atoms with E-state index < -0.39 is 0 Å². The second-order valence-electron chi connectivity index (χ2n) is 7.04. The molecule has 0 saturated carbocycles. The van der Waals surface area contributed by atoms with Gasteiger partial charge in [-0.2, -0.15) is 10.2 Å². The standard InChI is InChI=1S/C21H22N6O/c1-13(2)27-20-18(12-24-27)17(9-19(25-20)15-7-5-4-6-8-15)21(28)22-10-16-11-23-26-14(16)3/h4-9,11-13H,10H2,1-3H3,(H,22,28)(H,23,26). The number of aromatic amines is 1. The van der Waals surface area contributed by atoms with E-state index in [-0.39, 0.29) is 11.9 Å². The lowest BCUT2D eigenvalue weighted by atomic mass is 10.1. The van der Waals surface area contributed by atoms with Gasteiger partial charge in [-0.1, -0.05) is 30.3 Å². The predicted octanol–water partition coefficient (Wildman–Crippen LogP) is 3.64. The number of fused-ring (bicyclic) bond motifs is 1. The number of nitrogens with one attached hydrogen (secondary N) is 2. The lowest BCUT2D eigenvalue weighted by Gasteiger charge is -2.11. The molecule has 0 unspecified atom stereocenters. The molecule has 142 valence electrons. The van der Waals surface area contributed by atoms with E-state index in [0.717, 1.165) is 27.9 Å². The summed E-state index contributed by atoms with van der Waals surface area (Å²) in [6.07, 6.45) is 3.44. The summed E-state index contributed by atoms with van der Waals surface area (Å²) in [4.78, 5) is 17.8. The highest BCUT2D eigenvalue weighted by molar-refractivity contribution is 6.06. The van der Waals surface area contributed by atoms with Crippen molar-refractivity contribution in [3.63, 3.8) is 0 Å². The summed E-state index contributed by atoms with van der Waals surface area (Å²) in [7, 11) is 0. The molecule has 2 N–H and O–H groups in total. The minimum atomic E-state index is -0.159. The zero-order valence-corrected chi connectivity index (χ0v) is 16.1. The Bertz CT molecular complexity index is 1130. The van der Waals surface area contributed by atoms with E-state index in [0.29, 0.717) is 17.8 Å². The van der Waals surface area contributed by atoms with Crippen molar-refractivity contribution >= 4 is 16.9 Å². The van der Waals surface area contributed by atoms with Crippen LogP contribution in [-0.4, -0.2) is 30.9 Å². The summed E-state index contributed by atoms with van der Waals surface area (Å²) in [6.45, 7) is 6.43. The van der Waals surface area contributed by atoms with Crippen LogP contribution in [0.2, 0.25) is 0 Å². The molecular formula is C21H22N6O. The van der Waals surface area contributed by atoms with Gasteiger partial charge >= 0.3 is 0 Å². The van der Waals surface area contributed by atoms with E-state index in [1.165, 1.54) is 0 Å². The molecule has 7 heteroatoms. The number of carbonyl (C=O) groups is 1. The molecule has 4 aromatic rings. The second-order valence-corrected chi connectivity index (χ2v) is 7.04. The summed E-state index contributed by atoms with van der Waals surface area (Å²) in [5.74, 6) is -0.159. The number of H-pyrrole nitrogens is 1. The van der Waals surface area contributed by atoms with Crippen molar-refractivity contribution in [2.24, 2.45) is 0 Å². The van der Waals surface area contributed by atoms with Crippen molar-refractivity contribution in [1.29, 1.82) is 0 Å². The molecule has 1 amide bonds. The lowest BCUT2D eigenvalue weighted by Crippen LogP contribution is -2.23.